The Morgan fingerprint density at radius 1 is 0.172 bits per heavy atom. The van der Waals surface area contributed by atoms with Crippen LogP contribution < -0.4 is 0 Å². The SMILES string of the molecule is C.C.C.C1CCC2(C1)CCCC2.C1CCC2(CC1)CCCC2.C1CCC2(CC1)CCCC2.C1CCC2(CC1)CCCCC2.CCC.CCC.CCC.CCC.CCC. The Morgan fingerprint density at radius 2 is 0.241 bits per heavy atom. The van der Waals surface area contributed by atoms with Crippen molar-refractivity contribution in [1.29, 1.82) is 0 Å². The van der Waals surface area contributed by atoms with Crippen LogP contribution in [0.15, 0.2) is 0 Å². The van der Waals surface area contributed by atoms with E-state index in [9.17, 15) is 0 Å². The Labute approximate surface area is 375 Å². The van der Waals surface area contributed by atoms with E-state index in [1.54, 1.807) is 103 Å². The van der Waals surface area contributed by atoms with Crippen LogP contribution in [0.3, 0.4) is 0 Å². The molecule has 0 saturated heterocycles. The normalized spacial score (nSPS) is 23.1. The van der Waals surface area contributed by atoms with Gasteiger partial charge >= 0.3 is 0 Å². The molecule has 8 aliphatic carbocycles. The quantitative estimate of drug-likeness (QED) is 0.228. The van der Waals surface area contributed by atoms with Crippen molar-refractivity contribution in [1.82, 2.24) is 0 Å². The lowest BCUT2D eigenvalue weighted by Crippen LogP contribution is -2.26. The Balaban J connectivity index is -0.000000297. The first-order chi connectivity index (χ1) is 26.7. The zero-order valence-electron chi connectivity index (χ0n) is 41.0. The van der Waals surface area contributed by atoms with Gasteiger partial charge in [0.25, 0.3) is 0 Å². The van der Waals surface area contributed by atoms with Gasteiger partial charge in [0.1, 0.15) is 0 Å². The van der Waals surface area contributed by atoms with E-state index in [1.807, 2.05) is 0 Å². The number of hydrogen-bond acceptors (Lipinski definition) is 0. The summed E-state index contributed by atoms with van der Waals surface area (Å²) in [5.41, 5.74) is 3.49. The Bertz CT molecular complexity index is 644. The first-order valence-electron chi connectivity index (χ1n) is 26.7. The summed E-state index contributed by atoms with van der Waals surface area (Å²) in [5.74, 6) is 0. The molecule has 0 aromatic heterocycles. The molecule has 356 valence electrons. The number of rotatable bonds is 0. The van der Waals surface area contributed by atoms with E-state index >= 15 is 0 Å². The third-order valence-corrected chi connectivity index (χ3v) is 14.3. The number of hydrogen-bond donors (Lipinski definition) is 0. The maximum Gasteiger partial charge on any atom is -0.0297 e. The van der Waals surface area contributed by atoms with Gasteiger partial charge in [0, 0.05) is 0 Å². The summed E-state index contributed by atoms with van der Waals surface area (Å²) in [5, 5.41) is 0. The molecule has 58 heavy (non-hydrogen) atoms. The average molecular weight is 822 g/mol. The molecular formula is C58H124. The van der Waals surface area contributed by atoms with Gasteiger partial charge in [0.2, 0.25) is 0 Å². The van der Waals surface area contributed by atoms with Gasteiger partial charge in [-0.2, -0.15) is 0 Å². The van der Waals surface area contributed by atoms with Crippen molar-refractivity contribution in [3.05, 3.63) is 0 Å². The van der Waals surface area contributed by atoms with Crippen molar-refractivity contribution in [3.63, 3.8) is 0 Å². The van der Waals surface area contributed by atoms with Crippen LogP contribution in [-0.2, 0) is 0 Å². The van der Waals surface area contributed by atoms with E-state index in [2.05, 4.69) is 69.2 Å². The lowest BCUT2D eigenvalue weighted by atomic mass is 9.65. The highest BCUT2D eigenvalue weighted by molar-refractivity contribution is 4.89. The van der Waals surface area contributed by atoms with E-state index in [-0.39, 0.29) is 22.3 Å². The fraction of sp³-hybridized carbons (Fsp3) is 1.00. The minimum absolute atomic E-state index is 0. The van der Waals surface area contributed by atoms with Crippen LogP contribution in [0.2, 0.25) is 0 Å². The van der Waals surface area contributed by atoms with Crippen LogP contribution in [0.5, 0.6) is 0 Å². The molecule has 4 spiro atoms. The van der Waals surface area contributed by atoms with Crippen molar-refractivity contribution in [2.45, 2.75) is 355 Å². The molecule has 0 radical (unpaired) electrons. The molecule has 8 rings (SSSR count). The van der Waals surface area contributed by atoms with Crippen LogP contribution >= 0.6 is 0 Å². The Morgan fingerprint density at radius 3 is 0.328 bits per heavy atom. The predicted molar refractivity (Wildman–Crippen MR) is 276 cm³/mol. The van der Waals surface area contributed by atoms with Crippen LogP contribution in [0, 0.1) is 21.7 Å². The fourth-order valence-corrected chi connectivity index (χ4v) is 11.7. The smallest absolute Gasteiger partial charge is 0.0297 e. The third kappa shape index (κ3) is 29.3. The first kappa shape index (κ1) is 64.6. The van der Waals surface area contributed by atoms with Crippen molar-refractivity contribution in [2.24, 2.45) is 21.7 Å². The maximum absolute atomic E-state index is 2.12. The summed E-state index contributed by atoms with van der Waals surface area (Å²) >= 11 is 0. The molecule has 0 unspecified atom stereocenters. The van der Waals surface area contributed by atoms with Gasteiger partial charge in [-0.05, 0) is 124 Å². The summed E-state index contributed by atoms with van der Waals surface area (Å²) in [4.78, 5) is 0. The van der Waals surface area contributed by atoms with Gasteiger partial charge < -0.3 is 0 Å². The van der Waals surface area contributed by atoms with E-state index < -0.39 is 0 Å². The monoisotopic (exact) mass is 821 g/mol. The molecule has 0 N–H and O–H groups in total. The predicted octanol–water partition coefficient (Wildman–Crippen LogP) is 23.0. The molecule has 8 saturated carbocycles. The van der Waals surface area contributed by atoms with E-state index in [0.717, 1.165) is 21.7 Å². The highest BCUT2D eigenvalue weighted by Gasteiger charge is 2.37. The summed E-state index contributed by atoms with van der Waals surface area (Å²) in [6.45, 7) is 21.2. The summed E-state index contributed by atoms with van der Waals surface area (Å²) in [6, 6.07) is 0. The van der Waals surface area contributed by atoms with Gasteiger partial charge in [-0.25, -0.2) is 0 Å². The second kappa shape index (κ2) is 42.3. The molecular weight excluding hydrogens is 697 g/mol. The van der Waals surface area contributed by atoms with Gasteiger partial charge in [0.05, 0.1) is 0 Å². The highest BCUT2D eigenvalue weighted by atomic mass is 14.4. The molecule has 0 nitrogen and oxygen atoms in total. The van der Waals surface area contributed by atoms with Crippen LogP contribution in [-0.4, -0.2) is 0 Å². The minimum Gasteiger partial charge on any atom is -0.0776 e. The molecule has 0 aromatic carbocycles. The molecule has 0 aliphatic heterocycles. The van der Waals surface area contributed by atoms with Crippen molar-refractivity contribution < 1.29 is 0 Å². The van der Waals surface area contributed by atoms with Crippen molar-refractivity contribution in [3.8, 4) is 0 Å². The second-order valence-corrected chi connectivity index (χ2v) is 20.6. The Hall–Kier alpha value is 0. The molecule has 0 amide bonds. The van der Waals surface area contributed by atoms with Gasteiger partial charge in [0.15, 0.2) is 0 Å². The first-order valence-corrected chi connectivity index (χ1v) is 26.7. The lowest BCUT2D eigenvalue weighted by Gasteiger charge is -2.40. The second-order valence-electron chi connectivity index (χ2n) is 20.6. The molecule has 0 bridgehead atoms. The average Bonchev–Trinajstić information content (AvgIpc) is 4.04. The summed E-state index contributed by atoms with van der Waals surface area (Å²) in [7, 11) is 0. The highest BCUT2D eigenvalue weighted by Crippen LogP contribution is 2.51. The van der Waals surface area contributed by atoms with E-state index in [1.165, 1.54) is 161 Å². The van der Waals surface area contributed by atoms with Gasteiger partial charge in [-0.15, -0.1) is 0 Å². The standard InChI is InChI=1S/C11H20.2C10H18.C9H16.5C3H8.3CH4/c1-3-7-11(8-4-1)9-5-2-6-10-11;2*1-2-6-10(7-3-1)8-4-5-9-10;1-2-6-9(5-1)7-3-4-8-9;5*1-3-2;;;/h1-10H2;2*1-9H2;1-8H2;5*3H2,1-2H3;3*1H4. The van der Waals surface area contributed by atoms with Crippen molar-refractivity contribution in [2.75, 3.05) is 0 Å². The van der Waals surface area contributed by atoms with Crippen LogP contribution in [0.25, 0.3) is 0 Å². The van der Waals surface area contributed by atoms with Crippen molar-refractivity contribution >= 4 is 0 Å². The minimum atomic E-state index is 0. The fourth-order valence-electron chi connectivity index (χ4n) is 11.7. The molecule has 0 heterocycles. The lowest BCUT2D eigenvalue weighted by molar-refractivity contribution is 0.124. The zero-order chi connectivity index (χ0) is 41.0. The zero-order valence-corrected chi connectivity index (χ0v) is 41.0. The molecule has 0 atom stereocenters. The summed E-state index contributed by atoms with van der Waals surface area (Å²) < 4.78 is 0. The largest absolute Gasteiger partial charge is 0.0776 e. The third-order valence-electron chi connectivity index (χ3n) is 14.3. The van der Waals surface area contributed by atoms with E-state index in [4.69, 9.17) is 0 Å². The maximum atomic E-state index is 2.12. The molecule has 0 heteroatoms. The summed E-state index contributed by atoms with van der Waals surface area (Å²) in [6.07, 6.45) is 61.8. The molecule has 8 aliphatic rings. The van der Waals surface area contributed by atoms with E-state index in [0.29, 0.717) is 0 Å². The molecule has 8 fully saturated rings. The van der Waals surface area contributed by atoms with Gasteiger partial charge in [-0.3, -0.25) is 0 Å². The Kier molecular flexibility index (Phi) is 47.1. The van der Waals surface area contributed by atoms with Crippen LogP contribution in [0.1, 0.15) is 355 Å². The van der Waals surface area contributed by atoms with Crippen LogP contribution in [0.4, 0.5) is 0 Å². The topological polar surface area (TPSA) is 0 Å². The van der Waals surface area contributed by atoms with Gasteiger partial charge in [-0.1, -0.05) is 252 Å². The molecule has 0 aromatic rings.